The number of amidine groups is 1. The molecule has 12 heteroatoms. The van der Waals surface area contributed by atoms with E-state index in [1.807, 2.05) is 4.90 Å². The quantitative estimate of drug-likeness (QED) is 0.363. The molecule has 0 aromatic carbocycles. The topological polar surface area (TPSA) is 146 Å². The zero-order valence-corrected chi connectivity index (χ0v) is 24.5. The summed E-state index contributed by atoms with van der Waals surface area (Å²) in [7, 11) is -3.32. The number of fused-ring (bicyclic) bond motifs is 1. The normalized spacial score (nSPS) is 18.8. The Labute approximate surface area is 240 Å². The van der Waals surface area contributed by atoms with Gasteiger partial charge in [0.1, 0.15) is 12.0 Å². The minimum Gasteiger partial charge on any atom is -0.367 e. The SMILES string of the molecule is CCC(CC)N1c2nc(-c3c(C4CC4)ncnc3C3CC3)ncc2N=C(NCc2ccc(S(=O)(=O)CC)cn2)C1O. The minimum atomic E-state index is -3.32. The summed E-state index contributed by atoms with van der Waals surface area (Å²) in [5, 5.41) is 14.8. The zero-order chi connectivity index (χ0) is 28.7. The summed E-state index contributed by atoms with van der Waals surface area (Å²) in [6.07, 6.45) is 9.80. The monoisotopic (exact) mass is 576 g/mol. The van der Waals surface area contributed by atoms with Crippen LogP contribution in [-0.2, 0) is 16.4 Å². The third-order valence-electron chi connectivity index (χ3n) is 8.12. The molecule has 6 rings (SSSR count). The van der Waals surface area contributed by atoms with Gasteiger partial charge in [-0.05, 0) is 50.7 Å². The predicted octanol–water partition coefficient (Wildman–Crippen LogP) is 4.02. The Balaban J connectivity index is 1.34. The molecule has 1 unspecified atom stereocenters. The molecular weight excluding hydrogens is 540 g/mol. The first kappa shape index (κ1) is 27.6. The molecule has 4 heterocycles. The maximum Gasteiger partial charge on any atom is 0.187 e. The largest absolute Gasteiger partial charge is 0.367 e. The van der Waals surface area contributed by atoms with Gasteiger partial charge < -0.3 is 15.3 Å². The highest BCUT2D eigenvalue weighted by molar-refractivity contribution is 7.91. The number of nitrogens with one attached hydrogen (secondary N) is 1. The van der Waals surface area contributed by atoms with Crippen molar-refractivity contribution in [3.05, 3.63) is 47.9 Å². The van der Waals surface area contributed by atoms with Crippen molar-refractivity contribution in [1.82, 2.24) is 30.2 Å². The second-order valence-electron chi connectivity index (χ2n) is 11.0. The molecule has 11 nitrogen and oxygen atoms in total. The van der Waals surface area contributed by atoms with Crippen LogP contribution in [0.5, 0.6) is 0 Å². The van der Waals surface area contributed by atoms with Crippen LogP contribution in [-0.4, -0.2) is 62.3 Å². The number of anilines is 1. The average Bonchev–Trinajstić information content (AvgIpc) is 3.91. The fourth-order valence-electron chi connectivity index (χ4n) is 5.40. The Bertz CT molecular complexity index is 1540. The van der Waals surface area contributed by atoms with Gasteiger partial charge in [-0.1, -0.05) is 20.8 Å². The number of pyridine rings is 1. The summed E-state index contributed by atoms with van der Waals surface area (Å²) >= 11 is 0. The molecule has 2 aliphatic carbocycles. The molecule has 1 atom stereocenters. The number of aromatic nitrogens is 5. The Morgan fingerprint density at radius 3 is 2.22 bits per heavy atom. The standard InChI is InChI=1S/C29H36N8O3S/c1-4-20(5-2)37-28-22(35-27(29(37)38)31-13-19-11-12-21(14-30-19)41(39,40)6-3)15-32-26(36-28)23-24(17-7-8-17)33-16-34-25(23)18-9-10-18/h11-12,14-18,20,29,38H,4-10,13H2,1-3H3,(H,31,35). The van der Waals surface area contributed by atoms with Crippen LogP contribution in [0.4, 0.5) is 11.5 Å². The number of aliphatic hydroxyl groups excluding tert-OH is 1. The summed E-state index contributed by atoms with van der Waals surface area (Å²) in [6, 6.07) is 3.25. The fraction of sp³-hybridized carbons (Fsp3) is 0.517. The first-order chi connectivity index (χ1) is 19.8. The van der Waals surface area contributed by atoms with Gasteiger partial charge in [0.15, 0.2) is 33.5 Å². The number of aliphatic hydroxyl groups is 1. The van der Waals surface area contributed by atoms with Crippen LogP contribution >= 0.6 is 0 Å². The van der Waals surface area contributed by atoms with Crippen molar-refractivity contribution in [2.24, 2.45) is 4.99 Å². The van der Waals surface area contributed by atoms with Crippen molar-refractivity contribution in [2.75, 3.05) is 10.7 Å². The number of nitrogens with zero attached hydrogens (tertiary/aromatic N) is 7. The van der Waals surface area contributed by atoms with Crippen LogP contribution in [0.1, 0.15) is 88.2 Å². The van der Waals surface area contributed by atoms with Crippen molar-refractivity contribution < 1.29 is 13.5 Å². The number of hydrogen-bond acceptors (Lipinski definition) is 11. The van der Waals surface area contributed by atoms with Gasteiger partial charge in [0.05, 0.1) is 46.0 Å². The van der Waals surface area contributed by atoms with Crippen LogP contribution in [0.25, 0.3) is 11.4 Å². The molecule has 2 fully saturated rings. The number of aliphatic imine (C=N–C) groups is 1. The highest BCUT2D eigenvalue weighted by Gasteiger charge is 2.38. The summed E-state index contributed by atoms with van der Waals surface area (Å²) in [5.74, 6) is 2.42. The van der Waals surface area contributed by atoms with E-state index in [0.29, 0.717) is 40.7 Å². The van der Waals surface area contributed by atoms with E-state index in [1.54, 1.807) is 31.6 Å². The number of rotatable bonds is 10. The molecule has 0 amide bonds. The second kappa shape index (κ2) is 11.1. The van der Waals surface area contributed by atoms with Crippen LogP contribution in [0.15, 0.2) is 40.7 Å². The zero-order valence-electron chi connectivity index (χ0n) is 23.7. The number of hydrogen-bond donors (Lipinski definition) is 2. The van der Waals surface area contributed by atoms with E-state index in [9.17, 15) is 13.5 Å². The smallest absolute Gasteiger partial charge is 0.187 e. The Morgan fingerprint density at radius 2 is 1.66 bits per heavy atom. The lowest BCUT2D eigenvalue weighted by molar-refractivity contribution is 0.211. The van der Waals surface area contributed by atoms with Crippen molar-refractivity contribution >= 4 is 27.2 Å². The van der Waals surface area contributed by atoms with E-state index in [1.165, 1.54) is 6.20 Å². The molecule has 0 saturated heterocycles. The van der Waals surface area contributed by atoms with Gasteiger partial charge in [0.25, 0.3) is 0 Å². The highest BCUT2D eigenvalue weighted by Crippen LogP contribution is 2.49. The average molecular weight is 577 g/mol. The van der Waals surface area contributed by atoms with Gasteiger partial charge in [-0.2, -0.15) is 0 Å². The third-order valence-corrected chi connectivity index (χ3v) is 9.84. The van der Waals surface area contributed by atoms with E-state index in [0.717, 1.165) is 55.5 Å². The molecule has 2 saturated carbocycles. The van der Waals surface area contributed by atoms with Crippen LogP contribution in [0, 0.1) is 0 Å². The van der Waals surface area contributed by atoms with Crippen molar-refractivity contribution in [2.45, 2.75) is 94.8 Å². The lowest BCUT2D eigenvalue weighted by Gasteiger charge is -2.39. The van der Waals surface area contributed by atoms with E-state index >= 15 is 0 Å². The highest BCUT2D eigenvalue weighted by atomic mass is 32.2. The third kappa shape index (κ3) is 5.42. The van der Waals surface area contributed by atoms with Crippen molar-refractivity contribution in [3.63, 3.8) is 0 Å². The predicted molar refractivity (Wildman–Crippen MR) is 156 cm³/mol. The van der Waals surface area contributed by atoms with E-state index < -0.39 is 16.1 Å². The van der Waals surface area contributed by atoms with Gasteiger partial charge in [-0.15, -0.1) is 0 Å². The molecular formula is C29H36N8O3S. The first-order valence-corrected chi connectivity index (χ1v) is 16.2. The lowest BCUT2D eigenvalue weighted by atomic mass is 10.0. The van der Waals surface area contributed by atoms with E-state index in [2.05, 4.69) is 34.1 Å². The van der Waals surface area contributed by atoms with Crippen LogP contribution < -0.4 is 10.2 Å². The first-order valence-electron chi connectivity index (χ1n) is 14.5. The van der Waals surface area contributed by atoms with Crippen molar-refractivity contribution in [1.29, 1.82) is 0 Å². The molecule has 3 aromatic heterocycles. The maximum absolute atomic E-state index is 12.1. The molecule has 1 aliphatic heterocycles. The van der Waals surface area contributed by atoms with Gasteiger partial charge >= 0.3 is 0 Å². The van der Waals surface area contributed by atoms with E-state index in [-0.39, 0.29) is 23.2 Å². The van der Waals surface area contributed by atoms with Crippen molar-refractivity contribution in [3.8, 4) is 11.4 Å². The summed E-state index contributed by atoms with van der Waals surface area (Å²) in [4.78, 5) is 30.3. The molecule has 0 spiro atoms. The molecule has 0 radical (unpaired) electrons. The summed E-state index contributed by atoms with van der Waals surface area (Å²) in [5.41, 5.74) is 4.22. The van der Waals surface area contributed by atoms with E-state index in [4.69, 9.17) is 15.0 Å². The molecule has 3 aliphatic rings. The molecule has 216 valence electrons. The van der Waals surface area contributed by atoms with Gasteiger partial charge in [0.2, 0.25) is 0 Å². The number of sulfone groups is 1. The molecule has 3 aromatic rings. The Kier molecular flexibility index (Phi) is 7.45. The minimum absolute atomic E-state index is 0.0193. The van der Waals surface area contributed by atoms with Crippen LogP contribution in [0.3, 0.4) is 0 Å². The summed E-state index contributed by atoms with van der Waals surface area (Å²) in [6.45, 7) is 6.07. The van der Waals surface area contributed by atoms with Gasteiger partial charge in [-0.25, -0.2) is 33.3 Å². The summed E-state index contributed by atoms with van der Waals surface area (Å²) < 4.78 is 24.3. The fourth-order valence-corrected chi connectivity index (χ4v) is 6.22. The van der Waals surface area contributed by atoms with Gasteiger partial charge in [-0.3, -0.25) is 4.98 Å². The molecule has 41 heavy (non-hydrogen) atoms. The maximum atomic E-state index is 12.1. The van der Waals surface area contributed by atoms with Gasteiger partial charge in [0, 0.05) is 24.1 Å². The second-order valence-corrected chi connectivity index (χ2v) is 13.2. The Morgan fingerprint density at radius 1 is 0.976 bits per heavy atom. The molecule has 2 N–H and O–H groups in total. The lowest BCUT2D eigenvalue weighted by Crippen LogP contribution is -2.53. The molecule has 0 bridgehead atoms. The van der Waals surface area contributed by atoms with Crippen LogP contribution in [0.2, 0.25) is 0 Å². The Hall–Kier alpha value is -3.51.